The quantitative estimate of drug-likeness (QED) is 0.793. The van der Waals surface area contributed by atoms with Crippen molar-refractivity contribution >= 4 is 28.5 Å². The molecule has 3 rings (SSSR count). The van der Waals surface area contributed by atoms with Crippen molar-refractivity contribution in [2.45, 2.75) is 26.3 Å². The second-order valence-corrected chi connectivity index (χ2v) is 5.68. The van der Waals surface area contributed by atoms with Gasteiger partial charge in [-0.3, -0.25) is 10.1 Å². The molecule has 0 saturated heterocycles. The maximum Gasteiger partial charge on any atom is 0.320 e. The van der Waals surface area contributed by atoms with Crippen molar-refractivity contribution in [1.82, 2.24) is 15.6 Å². The van der Waals surface area contributed by atoms with Gasteiger partial charge in [-0.25, -0.2) is 9.78 Å². The van der Waals surface area contributed by atoms with Crippen LogP contribution in [0, 0.1) is 5.92 Å². The second-order valence-electron chi connectivity index (χ2n) is 5.68. The van der Waals surface area contributed by atoms with E-state index in [0.29, 0.717) is 18.9 Å². The van der Waals surface area contributed by atoms with Gasteiger partial charge in [-0.05, 0) is 36.8 Å². The van der Waals surface area contributed by atoms with Crippen LogP contribution in [-0.2, 0) is 11.3 Å². The number of carbonyl (C=O) groups excluding carboxylic acids is 2. The summed E-state index contributed by atoms with van der Waals surface area (Å²) in [5, 5.41) is 10.3. The van der Waals surface area contributed by atoms with Crippen LogP contribution in [0.25, 0.3) is 10.8 Å². The third-order valence-electron chi connectivity index (χ3n) is 3.84. The first-order valence-electron chi connectivity index (χ1n) is 7.87. The van der Waals surface area contributed by atoms with Crippen LogP contribution in [0.3, 0.4) is 0 Å². The third kappa shape index (κ3) is 3.77. The Kier molecular flexibility index (Phi) is 4.41. The number of hydrogen-bond acceptors (Lipinski definition) is 3. The van der Waals surface area contributed by atoms with Gasteiger partial charge < -0.3 is 10.6 Å². The summed E-state index contributed by atoms with van der Waals surface area (Å²) in [4.78, 5) is 27.6. The first kappa shape index (κ1) is 15.3. The highest BCUT2D eigenvalue weighted by Crippen LogP contribution is 2.29. The summed E-state index contributed by atoms with van der Waals surface area (Å²) in [7, 11) is 0. The molecule has 1 heterocycles. The van der Waals surface area contributed by atoms with Crippen LogP contribution >= 0.6 is 0 Å². The average molecular weight is 312 g/mol. The molecule has 1 aromatic carbocycles. The first-order valence-corrected chi connectivity index (χ1v) is 7.87. The second kappa shape index (κ2) is 6.64. The molecule has 2 aromatic rings. The Labute approximate surface area is 134 Å². The molecule has 0 spiro atoms. The van der Waals surface area contributed by atoms with Gasteiger partial charge in [-0.1, -0.05) is 18.2 Å². The molecule has 0 unspecified atom stereocenters. The van der Waals surface area contributed by atoms with E-state index in [4.69, 9.17) is 0 Å². The van der Waals surface area contributed by atoms with E-state index in [9.17, 15) is 9.59 Å². The number of urea groups is 1. The zero-order chi connectivity index (χ0) is 16.2. The van der Waals surface area contributed by atoms with Crippen molar-refractivity contribution in [3.8, 4) is 0 Å². The van der Waals surface area contributed by atoms with Crippen LogP contribution < -0.4 is 16.0 Å². The van der Waals surface area contributed by atoms with Gasteiger partial charge in [-0.15, -0.1) is 0 Å². The number of carbonyl (C=O) groups is 2. The van der Waals surface area contributed by atoms with Gasteiger partial charge >= 0.3 is 6.03 Å². The van der Waals surface area contributed by atoms with Crippen molar-refractivity contribution in [3.05, 3.63) is 36.0 Å². The lowest BCUT2D eigenvalue weighted by Gasteiger charge is -2.10. The van der Waals surface area contributed by atoms with Crippen molar-refractivity contribution < 1.29 is 9.59 Å². The Hall–Kier alpha value is -2.63. The molecule has 3 amide bonds. The summed E-state index contributed by atoms with van der Waals surface area (Å²) in [5.41, 5.74) is 1.02. The van der Waals surface area contributed by atoms with Gasteiger partial charge in [0.15, 0.2) is 0 Å². The van der Waals surface area contributed by atoms with Crippen LogP contribution in [0.4, 0.5) is 10.6 Å². The molecule has 0 atom stereocenters. The summed E-state index contributed by atoms with van der Waals surface area (Å²) in [6.45, 7) is 2.91. The summed E-state index contributed by atoms with van der Waals surface area (Å²) < 4.78 is 0. The fourth-order valence-electron chi connectivity index (χ4n) is 2.45. The summed E-state index contributed by atoms with van der Waals surface area (Å²) in [6, 6.07) is 7.45. The summed E-state index contributed by atoms with van der Waals surface area (Å²) >= 11 is 0. The number of aromatic nitrogens is 1. The molecule has 6 nitrogen and oxygen atoms in total. The molecule has 1 saturated carbocycles. The van der Waals surface area contributed by atoms with Crippen LogP contribution in [0.2, 0.25) is 0 Å². The van der Waals surface area contributed by atoms with E-state index in [1.54, 1.807) is 6.20 Å². The number of rotatable bonds is 5. The number of pyridine rings is 1. The average Bonchev–Trinajstić information content (AvgIpc) is 3.37. The number of amides is 3. The number of fused-ring (bicyclic) bond motifs is 1. The number of anilines is 1. The molecule has 23 heavy (non-hydrogen) atoms. The Morgan fingerprint density at radius 1 is 1.26 bits per heavy atom. The minimum Gasteiger partial charge on any atom is -0.352 e. The Bertz CT molecular complexity index is 740. The molecule has 6 heteroatoms. The minimum atomic E-state index is -0.271. The molecule has 1 aliphatic rings. The van der Waals surface area contributed by atoms with E-state index < -0.39 is 0 Å². The van der Waals surface area contributed by atoms with E-state index in [-0.39, 0.29) is 17.9 Å². The van der Waals surface area contributed by atoms with Crippen molar-refractivity contribution in [3.63, 3.8) is 0 Å². The molecule has 120 valence electrons. The molecule has 0 radical (unpaired) electrons. The van der Waals surface area contributed by atoms with E-state index in [0.717, 1.165) is 29.2 Å². The monoisotopic (exact) mass is 312 g/mol. The molecular weight excluding hydrogens is 292 g/mol. The van der Waals surface area contributed by atoms with Crippen LogP contribution in [0.5, 0.6) is 0 Å². The van der Waals surface area contributed by atoms with Gasteiger partial charge in [0.1, 0.15) is 5.82 Å². The fourth-order valence-corrected chi connectivity index (χ4v) is 2.45. The maximum atomic E-state index is 11.8. The highest BCUT2D eigenvalue weighted by molar-refractivity contribution is 5.92. The number of nitrogens with zero attached hydrogens (tertiary/aromatic N) is 1. The molecule has 1 aliphatic carbocycles. The Morgan fingerprint density at radius 3 is 2.83 bits per heavy atom. The smallest absolute Gasteiger partial charge is 0.320 e. The lowest BCUT2D eigenvalue weighted by atomic mass is 10.1. The highest BCUT2D eigenvalue weighted by atomic mass is 16.2. The molecule has 0 aliphatic heterocycles. The van der Waals surface area contributed by atoms with Gasteiger partial charge in [-0.2, -0.15) is 0 Å². The number of benzene rings is 1. The Morgan fingerprint density at radius 2 is 2.09 bits per heavy atom. The van der Waals surface area contributed by atoms with Crippen molar-refractivity contribution in [2.75, 3.05) is 11.9 Å². The first-order chi connectivity index (χ1) is 11.2. The van der Waals surface area contributed by atoms with Gasteiger partial charge in [0.05, 0.1) is 0 Å². The largest absolute Gasteiger partial charge is 0.352 e. The SMILES string of the molecule is CCNC(=O)Nc1cc2cccc(CNC(=O)C3CC3)c2cn1. The fraction of sp³-hybridized carbons (Fsp3) is 0.353. The molecule has 3 N–H and O–H groups in total. The van der Waals surface area contributed by atoms with Crippen molar-refractivity contribution in [1.29, 1.82) is 0 Å². The lowest BCUT2D eigenvalue weighted by Crippen LogP contribution is -2.28. The number of nitrogens with one attached hydrogen (secondary N) is 3. The van der Waals surface area contributed by atoms with E-state index in [1.165, 1.54) is 0 Å². The van der Waals surface area contributed by atoms with Crippen LogP contribution in [-0.4, -0.2) is 23.5 Å². The summed E-state index contributed by atoms with van der Waals surface area (Å²) in [5.74, 6) is 0.836. The normalized spacial score (nSPS) is 13.6. The molecular formula is C17H20N4O2. The standard InChI is InChI=1S/C17H20N4O2/c1-2-18-17(23)21-15-8-12-4-3-5-13(14(12)10-19-15)9-20-16(22)11-6-7-11/h3-5,8,10-11H,2,6-7,9H2,1H3,(H,20,22)(H2,18,19,21,23). The molecule has 0 bridgehead atoms. The van der Waals surface area contributed by atoms with Crippen LogP contribution in [0.1, 0.15) is 25.3 Å². The predicted octanol–water partition coefficient (Wildman–Crippen LogP) is 2.40. The van der Waals surface area contributed by atoms with Crippen molar-refractivity contribution in [2.24, 2.45) is 5.92 Å². The van der Waals surface area contributed by atoms with Gasteiger partial charge in [0.2, 0.25) is 5.91 Å². The highest BCUT2D eigenvalue weighted by Gasteiger charge is 2.29. The van der Waals surface area contributed by atoms with E-state index in [2.05, 4.69) is 20.9 Å². The number of hydrogen-bond donors (Lipinski definition) is 3. The topological polar surface area (TPSA) is 83.1 Å². The van der Waals surface area contributed by atoms with E-state index >= 15 is 0 Å². The van der Waals surface area contributed by atoms with E-state index in [1.807, 2.05) is 31.2 Å². The van der Waals surface area contributed by atoms with Gasteiger partial charge in [0, 0.05) is 30.6 Å². The minimum absolute atomic E-state index is 0.129. The molecule has 1 fully saturated rings. The zero-order valence-corrected chi connectivity index (χ0v) is 13.1. The Balaban J connectivity index is 1.75. The molecule has 1 aromatic heterocycles. The third-order valence-corrected chi connectivity index (χ3v) is 3.84. The lowest BCUT2D eigenvalue weighted by molar-refractivity contribution is -0.122. The van der Waals surface area contributed by atoms with Crippen LogP contribution in [0.15, 0.2) is 30.5 Å². The maximum absolute atomic E-state index is 11.8. The van der Waals surface area contributed by atoms with Gasteiger partial charge in [0.25, 0.3) is 0 Å². The summed E-state index contributed by atoms with van der Waals surface area (Å²) in [6.07, 6.45) is 3.73. The predicted molar refractivity (Wildman–Crippen MR) is 89.0 cm³/mol. The zero-order valence-electron chi connectivity index (χ0n) is 13.1.